The van der Waals surface area contributed by atoms with Crippen LogP contribution in [0.4, 0.5) is 0 Å². The van der Waals surface area contributed by atoms with E-state index in [1.165, 1.54) is 32.4 Å². The van der Waals surface area contributed by atoms with Crippen LogP contribution in [0, 0.1) is 11.8 Å². The molecule has 0 amide bonds. The Bertz CT molecular complexity index is 183. The smallest absolute Gasteiger partial charge is 0.0718 e. The molecule has 0 aromatic heterocycles. The van der Waals surface area contributed by atoms with Gasteiger partial charge in [-0.3, -0.25) is 0 Å². The molecule has 0 bridgehead atoms. The van der Waals surface area contributed by atoms with Gasteiger partial charge in [0.15, 0.2) is 0 Å². The van der Waals surface area contributed by atoms with E-state index in [0.29, 0.717) is 0 Å². The van der Waals surface area contributed by atoms with Crippen LogP contribution in [0.15, 0.2) is 0 Å². The van der Waals surface area contributed by atoms with E-state index in [2.05, 4.69) is 18.7 Å². The zero-order valence-electron chi connectivity index (χ0n) is 10.8. The second kappa shape index (κ2) is 5.31. The van der Waals surface area contributed by atoms with Crippen molar-refractivity contribution in [3.63, 3.8) is 0 Å². The molecule has 0 aliphatic carbocycles. The molecule has 2 heteroatoms. The Labute approximate surface area is 94.7 Å². The third-order valence-electron chi connectivity index (χ3n) is 3.02. The average molecular weight is 213 g/mol. The summed E-state index contributed by atoms with van der Waals surface area (Å²) >= 11 is 0. The minimum absolute atomic E-state index is 0.542. The van der Waals surface area contributed by atoms with Crippen LogP contribution in [0.3, 0.4) is 0 Å². The molecule has 0 aromatic carbocycles. The molecule has 1 fully saturated rings. The van der Waals surface area contributed by atoms with E-state index in [1.807, 2.05) is 13.8 Å². The SMILES string of the molecule is CC(C)CC1CCCN(CC(C)(C)O)C1. The van der Waals surface area contributed by atoms with Crippen LogP contribution in [-0.2, 0) is 0 Å². The molecule has 1 atom stereocenters. The summed E-state index contributed by atoms with van der Waals surface area (Å²) in [7, 11) is 0. The van der Waals surface area contributed by atoms with Gasteiger partial charge in [0.1, 0.15) is 0 Å². The fourth-order valence-electron chi connectivity index (χ4n) is 2.70. The maximum absolute atomic E-state index is 9.80. The lowest BCUT2D eigenvalue weighted by Gasteiger charge is -2.36. The van der Waals surface area contributed by atoms with Gasteiger partial charge in [0.25, 0.3) is 0 Å². The van der Waals surface area contributed by atoms with Crippen molar-refractivity contribution in [3.05, 3.63) is 0 Å². The summed E-state index contributed by atoms with van der Waals surface area (Å²) in [4.78, 5) is 2.43. The van der Waals surface area contributed by atoms with Gasteiger partial charge < -0.3 is 10.0 Å². The number of aliphatic hydroxyl groups is 1. The van der Waals surface area contributed by atoms with E-state index < -0.39 is 5.60 Å². The van der Waals surface area contributed by atoms with Gasteiger partial charge in [-0.1, -0.05) is 13.8 Å². The van der Waals surface area contributed by atoms with Gasteiger partial charge in [-0.2, -0.15) is 0 Å². The molecule has 0 spiro atoms. The highest BCUT2D eigenvalue weighted by molar-refractivity contribution is 4.78. The zero-order valence-corrected chi connectivity index (χ0v) is 10.8. The van der Waals surface area contributed by atoms with E-state index in [9.17, 15) is 5.11 Å². The van der Waals surface area contributed by atoms with Crippen LogP contribution < -0.4 is 0 Å². The average Bonchev–Trinajstić information content (AvgIpc) is 1.99. The molecule has 1 heterocycles. The molecule has 1 saturated heterocycles. The first-order valence-electron chi connectivity index (χ1n) is 6.31. The number of hydrogen-bond acceptors (Lipinski definition) is 2. The van der Waals surface area contributed by atoms with E-state index >= 15 is 0 Å². The molecule has 1 unspecified atom stereocenters. The number of nitrogens with zero attached hydrogens (tertiary/aromatic N) is 1. The summed E-state index contributed by atoms with van der Waals surface area (Å²) < 4.78 is 0. The number of rotatable bonds is 4. The lowest BCUT2D eigenvalue weighted by molar-refractivity contribution is 0.0198. The Morgan fingerprint density at radius 1 is 1.40 bits per heavy atom. The van der Waals surface area contributed by atoms with Gasteiger partial charge in [0.05, 0.1) is 5.60 Å². The zero-order chi connectivity index (χ0) is 11.5. The monoisotopic (exact) mass is 213 g/mol. The van der Waals surface area contributed by atoms with Gasteiger partial charge in [-0.25, -0.2) is 0 Å². The van der Waals surface area contributed by atoms with Crippen LogP contribution in [0.1, 0.15) is 47.0 Å². The lowest BCUT2D eigenvalue weighted by atomic mass is 9.89. The van der Waals surface area contributed by atoms with Crippen LogP contribution in [0.5, 0.6) is 0 Å². The Morgan fingerprint density at radius 3 is 2.60 bits per heavy atom. The van der Waals surface area contributed by atoms with Crippen molar-refractivity contribution < 1.29 is 5.11 Å². The van der Waals surface area contributed by atoms with Crippen LogP contribution in [-0.4, -0.2) is 35.2 Å². The molecule has 0 radical (unpaired) electrons. The Kier molecular flexibility index (Phi) is 4.60. The number of likely N-dealkylation sites (tertiary alicyclic amines) is 1. The second-order valence-corrected chi connectivity index (χ2v) is 6.19. The number of hydrogen-bond donors (Lipinski definition) is 1. The standard InChI is InChI=1S/C13H27NO/c1-11(2)8-12-6-5-7-14(9-12)10-13(3,4)15/h11-12,15H,5-10H2,1-4H3. The van der Waals surface area contributed by atoms with E-state index in [-0.39, 0.29) is 0 Å². The molecule has 2 nitrogen and oxygen atoms in total. The summed E-state index contributed by atoms with van der Waals surface area (Å²) in [6.07, 6.45) is 4.01. The fourth-order valence-corrected chi connectivity index (χ4v) is 2.70. The largest absolute Gasteiger partial charge is 0.389 e. The summed E-state index contributed by atoms with van der Waals surface area (Å²) in [5.74, 6) is 1.65. The third-order valence-corrected chi connectivity index (χ3v) is 3.02. The predicted molar refractivity (Wildman–Crippen MR) is 64.9 cm³/mol. The molecule has 0 aromatic rings. The van der Waals surface area contributed by atoms with Crippen LogP contribution in [0.2, 0.25) is 0 Å². The van der Waals surface area contributed by atoms with Crippen molar-refractivity contribution in [2.45, 2.75) is 52.6 Å². The Morgan fingerprint density at radius 2 is 2.07 bits per heavy atom. The number of β-amino-alcohol motifs (C(OH)–C–C–N with tert-alkyl or cyclic N) is 1. The minimum atomic E-state index is -0.542. The summed E-state index contributed by atoms with van der Waals surface area (Å²) in [6.45, 7) is 11.6. The third kappa shape index (κ3) is 5.53. The van der Waals surface area contributed by atoms with Crippen LogP contribution in [0.25, 0.3) is 0 Å². The molecule has 1 N–H and O–H groups in total. The highest BCUT2D eigenvalue weighted by Gasteiger charge is 2.24. The lowest BCUT2D eigenvalue weighted by Crippen LogP contribution is -2.44. The van der Waals surface area contributed by atoms with E-state index in [4.69, 9.17) is 0 Å². The van der Waals surface area contributed by atoms with Gasteiger partial charge in [-0.05, 0) is 51.5 Å². The maximum Gasteiger partial charge on any atom is 0.0718 e. The minimum Gasteiger partial charge on any atom is -0.389 e. The topological polar surface area (TPSA) is 23.5 Å². The van der Waals surface area contributed by atoms with Crippen molar-refractivity contribution >= 4 is 0 Å². The predicted octanol–water partition coefficient (Wildman–Crippen LogP) is 2.52. The molecular weight excluding hydrogens is 186 g/mol. The first-order valence-corrected chi connectivity index (χ1v) is 6.31. The van der Waals surface area contributed by atoms with Crippen molar-refractivity contribution in [1.29, 1.82) is 0 Å². The Balaban J connectivity index is 2.35. The molecule has 1 aliphatic heterocycles. The van der Waals surface area contributed by atoms with Crippen molar-refractivity contribution in [1.82, 2.24) is 4.90 Å². The van der Waals surface area contributed by atoms with Crippen molar-refractivity contribution in [3.8, 4) is 0 Å². The van der Waals surface area contributed by atoms with E-state index in [1.54, 1.807) is 0 Å². The highest BCUT2D eigenvalue weighted by atomic mass is 16.3. The molecule has 1 aliphatic rings. The highest BCUT2D eigenvalue weighted by Crippen LogP contribution is 2.24. The summed E-state index contributed by atoms with van der Waals surface area (Å²) in [5, 5.41) is 9.80. The first-order chi connectivity index (χ1) is 6.87. The van der Waals surface area contributed by atoms with Crippen molar-refractivity contribution in [2.24, 2.45) is 11.8 Å². The quantitative estimate of drug-likeness (QED) is 0.775. The van der Waals surface area contributed by atoms with Gasteiger partial charge >= 0.3 is 0 Å². The Hall–Kier alpha value is -0.0800. The molecule has 15 heavy (non-hydrogen) atoms. The van der Waals surface area contributed by atoms with Gasteiger partial charge in [0.2, 0.25) is 0 Å². The van der Waals surface area contributed by atoms with Gasteiger partial charge in [0, 0.05) is 13.1 Å². The van der Waals surface area contributed by atoms with Crippen LogP contribution >= 0.6 is 0 Å². The molecule has 1 rings (SSSR count). The fraction of sp³-hybridized carbons (Fsp3) is 1.00. The van der Waals surface area contributed by atoms with E-state index in [0.717, 1.165) is 18.4 Å². The first kappa shape index (κ1) is 13.0. The molecule has 90 valence electrons. The summed E-state index contributed by atoms with van der Waals surface area (Å²) in [5.41, 5.74) is -0.542. The number of piperidine rings is 1. The summed E-state index contributed by atoms with van der Waals surface area (Å²) in [6, 6.07) is 0. The normalized spacial score (nSPS) is 24.8. The molecular formula is C13H27NO. The molecule has 0 saturated carbocycles. The van der Waals surface area contributed by atoms with Crippen molar-refractivity contribution in [2.75, 3.05) is 19.6 Å². The van der Waals surface area contributed by atoms with Gasteiger partial charge in [-0.15, -0.1) is 0 Å². The maximum atomic E-state index is 9.80. The second-order valence-electron chi connectivity index (χ2n) is 6.19.